The first-order valence-corrected chi connectivity index (χ1v) is 8.98. The summed E-state index contributed by atoms with van der Waals surface area (Å²) in [6.07, 6.45) is 3.03. The van der Waals surface area contributed by atoms with Crippen LogP contribution in [0.1, 0.15) is 24.8 Å². The van der Waals surface area contributed by atoms with Gasteiger partial charge in [0.25, 0.3) is 0 Å². The van der Waals surface area contributed by atoms with E-state index in [1.165, 1.54) is 12.1 Å². The molecule has 0 aromatic heterocycles. The molecule has 2 N–H and O–H groups in total. The molecule has 1 aromatic carbocycles. The molecule has 2 fully saturated rings. The van der Waals surface area contributed by atoms with Crippen LogP contribution in [0.4, 0.5) is 4.39 Å². The third kappa shape index (κ3) is 4.02. The van der Waals surface area contributed by atoms with Gasteiger partial charge in [-0.15, -0.1) is 0 Å². The first-order chi connectivity index (χ1) is 12.0. The molecule has 1 spiro atoms. The molecule has 0 bridgehead atoms. The van der Waals surface area contributed by atoms with E-state index in [1.54, 1.807) is 19.2 Å². The predicted molar refractivity (Wildman–Crippen MR) is 92.6 cm³/mol. The van der Waals surface area contributed by atoms with Gasteiger partial charge in [0.2, 0.25) is 5.91 Å². The van der Waals surface area contributed by atoms with Crippen LogP contribution in [0, 0.1) is 11.2 Å². The second kappa shape index (κ2) is 7.81. The van der Waals surface area contributed by atoms with Crippen LogP contribution in [0.5, 0.6) is 0 Å². The van der Waals surface area contributed by atoms with Crippen LogP contribution >= 0.6 is 0 Å². The highest BCUT2D eigenvalue weighted by Gasteiger charge is 2.55. The van der Waals surface area contributed by atoms with Crippen LogP contribution in [0.2, 0.25) is 0 Å². The first kappa shape index (κ1) is 18.3. The molecule has 1 amide bonds. The molecule has 6 heteroatoms. The number of likely N-dealkylation sites (tertiary alicyclic amines) is 1. The molecule has 1 aliphatic heterocycles. The number of halogens is 1. The van der Waals surface area contributed by atoms with Crippen molar-refractivity contribution in [3.8, 4) is 0 Å². The molecule has 1 saturated carbocycles. The number of carbonyl (C=O) groups excluding carboxylic acids is 1. The normalized spacial score (nSPS) is 25.6. The monoisotopic (exact) mass is 350 g/mol. The summed E-state index contributed by atoms with van der Waals surface area (Å²) < 4.78 is 18.3. The van der Waals surface area contributed by atoms with Crippen molar-refractivity contribution < 1.29 is 19.0 Å². The first-order valence-electron chi connectivity index (χ1n) is 8.98. The second-order valence-corrected chi connectivity index (χ2v) is 7.21. The molecule has 138 valence electrons. The Hall–Kier alpha value is -1.50. The van der Waals surface area contributed by atoms with Gasteiger partial charge in [-0.2, -0.15) is 0 Å². The lowest BCUT2D eigenvalue weighted by Crippen LogP contribution is -2.62. The van der Waals surface area contributed by atoms with Crippen molar-refractivity contribution in [2.24, 2.45) is 5.41 Å². The summed E-state index contributed by atoms with van der Waals surface area (Å²) in [5, 5.41) is 13.1. The maximum atomic E-state index is 12.9. The Morgan fingerprint density at radius 3 is 2.64 bits per heavy atom. The lowest BCUT2D eigenvalue weighted by atomic mass is 9.58. The number of amides is 1. The maximum Gasteiger partial charge on any atom is 0.234 e. The van der Waals surface area contributed by atoms with E-state index in [1.807, 2.05) is 0 Å². The number of rotatable bonds is 6. The minimum absolute atomic E-state index is 0.00973. The number of ether oxygens (including phenoxy) is 1. The van der Waals surface area contributed by atoms with Crippen molar-refractivity contribution in [1.29, 1.82) is 0 Å². The standard InChI is InChI=1S/C19H27FN2O3/c1-25-17-12-16(23)19(17)7-10-22(11-8-19)13-18(24)21-9-6-14-2-4-15(20)5-3-14/h2-5,16-17,23H,6-13H2,1H3,(H,21,24)/t16-,17+/m0/s1. The third-order valence-corrected chi connectivity index (χ3v) is 5.83. The van der Waals surface area contributed by atoms with E-state index in [-0.39, 0.29) is 29.3 Å². The molecule has 1 aliphatic carbocycles. The lowest BCUT2D eigenvalue weighted by Gasteiger charge is -2.56. The van der Waals surface area contributed by atoms with E-state index in [2.05, 4.69) is 10.2 Å². The Morgan fingerprint density at radius 2 is 2.04 bits per heavy atom. The van der Waals surface area contributed by atoms with Gasteiger partial charge >= 0.3 is 0 Å². The predicted octanol–water partition coefficient (Wildman–Crippen LogP) is 1.35. The highest BCUT2D eigenvalue weighted by molar-refractivity contribution is 5.78. The molecule has 1 heterocycles. The largest absolute Gasteiger partial charge is 0.392 e. The average molecular weight is 350 g/mol. The molecule has 1 aromatic rings. The topological polar surface area (TPSA) is 61.8 Å². The number of nitrogens with zero attached hydrogens (tertiary/aromatic N) is 1. The molecule has 2 aliphatic rings. The lowest BCUT2D eigenvalue weighted by molar-refractivity contribution is -0.201. The Morgan fingerprint density at radius 1 is 1.36 bits per heavy atom. The fourth-order valence-corrected chi connectivity index (χ4v) is 4.10. The van der Waals surface area contributed by atoms with Gasteiger partial charge in [0.1, 0.15) is 5.82 Å². The molecule has 0 radical (unpaired) electrons. The minimum atomic E-state index is -0.274. The van der Waals surface area contributed by atoms with Gasteiger partial charge in [0.15, 0.2) is 0 Å². The molecule has 3 rings (SSSR count). The Balaban J connectivity index is 1.37. The van der Waals surface area contributed by atoms with Gasteiger partial charge in [0, 0.05) is 25.5 Å². The van der Waals surface area contributed by atoms with Crippen molar-refractivity contribution in [3.63, 3.8) is 0 Å². The van der Waals surface area contributed by atoms with E-state index in [0.717, 1.165) is 37.9 Å². The van der Waals surface area contributed by atoms with Crippen molar-refractivity contribution in [3.05, 3.63) is 35.6 Å². The molecule has 2 atom stereocenters. The van der Waals surface area contributed by atoms with E-state index in [4.69, 9.17) is 4.74 Å². The van der Waals surface area contributed by atoms with Crippen LogP contribution in [-0.4, -0.2) is 61.4 Å². The van der Waals surface area contributed by atoms with Gasteiger partial charge in [-0.1, -0.05) is 12.1 Å². The number of aliphatic hydroxyl groups is 1. The van der Waals surface area contributed by atoms with Crippen LogP contribution in [0.3, 0.4) is 0 Å². The Labute approximate surface area is 148 Å². The quantitative estimate of drug-likeness (QED) is 0.813. The molecular formula is C19H27FN2O3. The number of benzene rings is 1. The van der Waals surface area contributed by atoms with E-state index >= 15 is 0 Å². The van der Waals surface area contributed by atoms with Gasteiger partial charge < -0.3 is 15.2 Å². The number of methoxy groups -OCH3 is 1. The van der Waals surface area contributed by atoms with Gasteiger partial charge in [-0.3, -0.25) is 9.69 Å². The highest BCUT2D eigenvalue weighted by Crippen LogP contribution is 2.50. The highest BCUT2D eigenvalue weighted by atomic mass is 19.1. The summed E-state index contributed by atoms with van der Waals surface area (Å²) >= 11 is 0. The molecular weight excluding hydrogens is 323 g/mol. The van der Waals surface area contributed by atoms with Crippen LogP contribution < -0.4 is 5.32 Å². The van der Waals surface area contributed by atoms with E-state index in [9.17, 15) is 14.3 Å². The Kier molecular flexibility index (Phi) is 5.71. The van der Waals surface area contributed by atoms with Gasteiger partial charge in [-0.25, -0.2) is 4.39 Å². The van der Waals surface area contributed by atoms with Gasteiger partial charge in [-0.05, 0) is 50.0 Å². The third-order valence-electron chi connectivity index (χ3n) is 5.83. The molecule has 1 saturated heterocycles. The fourth-order valence-electron chi connectivity index (χ4n) is 4.10. The number of hydrogen-bond donors (Lipinski definition) is 2. The summed E-state index contributed by atoms with van der Waals surface area (Å²) in [6.45, 7) is 2.55. The van der Waals surface area contributed by atoms with Crippen LogP contribution in [0.25, 0.3) is 0 Å². The molecule has 0 unspecified atom stereocenters. The van der Waals surface area contributed by atoms with Crippen molar-refractivity contribution >= 4 is 5.91 Å². The summed E-state index contributed by atoms with van der Waals surface area (Å²) in [5.74, 6) is -0.238. The number of carbonyl (C=O) groups is 1. The smallest absolute Gasteiger partial charge is 0.234 e. The van der Waals surface area contributed by atoms with Gasteiger partial charge in [0.05, 0.1) is 18.8 Å². The van der Waals surface area contributed by atoms with Crippen LogP contribution in [-0.2, 0) is 16.0 Å². The summed E-state index contributed by atoms with van der Waals surface area (Å²) in [5.41, 5.74) is 0.899. The van der Waals surface area contributed by atoms with Crippen molar-refractivity contribution in [2.75, 3.05) is 33.3 Å². The second-order valence-electron chi connectivity index (χ2n) is 7.21. The summed E-state index contributed by atoms with van der Waals surface area (Å²) in [6, 6.07) is 6.34. The van der Waals surface area contributed by atoms with E-state index < -0.39 is 0 Å². The van der Waals surface area contributed by atoms with Crippen LogP contribution in [0.15, 0.2) is 24.3 Å². The summed E-state index contributed by atoms with van der Waals surface area (Å²) in [7, 11) is 1.71. The summed E-state index contributed by atoms with van der Waals surface area (Å²) in [4.78, 5) is 14.2. The van der Waals surface area contributed by atoms with E-state index in [0.29, 0.717) is 19.5 Å². The average Bonchev–Trinajstić information content (AvgIpc) is 2.62. The number of aliphatic hydroxyl groups excluding tert-OH is 1. The number of piperidine rings is 1. The molecule has 5 nitrogen and oxygen atoms in total. The fraction of sp³-hybridized carbons (Fsp3) is 0.632. The SMILES string of the molecule is CO[C@@H]1C[C@H](O)C12CCN(CC(=O)NCCc1ccc(F)cc1)CC2. The zero-order valence-corrected chi connectivity index (χ0v) is 14.7. The zero-order valence-electron chi connectivity index (χ0n) is 14.7. The maximum absolute atomic E-state index is 12.9. The van der Waals surface area contributed by atoms with Crippen molar-refractivity contribution in [2.45, 2.75) is 37.9 Å². The zero-order chi connectivity index (χ0) is 17.9. The van der Waals surface area contributed by atoms with Crippen molar-refractivity contribution in [1.82, 2.24) is 10.2 Å². The number of hydrogen-bond acceptors (Lipinski definition) is 4. The molecule has 25 heavy (non-hydrogen) atoms. The number of nitrogens with one attached hydrogen (secondary N) is 1. The minimum Gasteiger partial charge on any atom is -0.392 e. The Bertz CT molecular complexity index is 585.